The van der Waals surface area contributed by atoms with Crippen molar-refractivity contribution < 1.29 is 9.59 Å². The Labute approximate surface area is 126 Å². The van der Waals surface area contributed by atoms with Crippen molar-refractivity contribution in [3.05, 3.63) is 29.3 Å². The van der Waals surface area contributed by atoms with Crippen molar-refractivity contribution in [1.29, 1.82) is 0 Å². The number of nitrogens with one attached hydrogen (secondary N) is 3. The van der Waals surface area contributed by atoms with Crippen LogP contribution in [-0.4, -0.2) is 24.5 Å². The smallest absolute Gasteiger partial charge is 0.315 e. The molecule has 0 bridgehead atoms. The minimum absolute atomic E-state index is 0.0389. The summed E-state index contributed by atoms with van der Waals surface area (Å²) in [5.41, 5.74) is 2.94. The van der Waals surface area contributed by atoms with E-state index in [1.54, 1.807) is 0 Å². The number of anilines is 1. The van der Waals surface area contributed by atoms with Gasteiger partial charge in [0, 0.05) is 11.7 Å². The summed E-state index contributed by atoms with van der Waals surface area (Å²) in [4.78, 5) is 23.4. The Bertz CT molecular complexity index is 510. The van der Waals surface area contributed by atoms with E-state index >= 15 is 0 Å². The fourth-order valence-electron chi connectivity index (χ4n) is 2.00. The van der Waals surface area contributed by atoms with Gasteiger partial charge in [-0.3, -0.25) is 4.79 Å². The molecule has 0 unspecified atom stereocenters. The highest BCUT2D eigenvalue weighted by atomic mass is 16.2. The number of carbonyl (C=O) groups is 2. The van der Waals surface area contributed by atoms with E-state index in [2.05, 4.69) is 29.8 Å². The van der Waals surface area contributed by atoms with Gasteiger partial charge < -0.3 is 16.0 Å². The molecule has 116 valence electrons. The van der Waals surface area contributed by atoms with E-state index in [0.29, 0.717) is 5.92 Å². The minimum atomic E-state index is -0.339. The van der Waals surface area contributed by atoms with Crippen LogP contribution >= 0.6 is 0 Å². The number of hydrogen-bond donors (Lipinski definition) is 3. The summed E-state index contributed by atoms with van der Waals surface area (Å²) in [5, 5.41) is 8.10. The third kappa shape index (κ3) is 5.45. The topological polar surface area (TPSA) is 70.2 Å². The standard InChI is InChI=1S/C16H25N3O2/c1-10(2)13-8-6-7-12(5)15(13)19-14(20)9-17-16(21)18-11(3)4/h6-8,10-11H,9H2,1-5H3,(H,19,20)(H2,17,18,21). The summed E-state index contributed by atoms with van der Waals surface area (Å²) >= 11 is 0. The lowest BCUT2D eigenvalue weighted by atomic mass is 9.98. The minimum Gasteiger partial charge on any atom is -0.336 e. The molecule has 21 heavy (non-hydrogen) atoms. The van der Waals surface area contributed by atoms with Gasteiger partial charge in [-0.2, -0.15) is 0 Å². The molecule has 0 aliphatic carbocycles. The predicted molar refractivity (Wildman–Crippen MR) is 85.6 cm³/mol. The van der Waals surface area contributed by atoms with Crippen LogP contribution in [0, 0.1) is 6.92 Å². The SMILES string of the molecule is Cc1cccc(C(C)C)c1NC(=O)CNC(=O)NC(C)C. The van der Waals surface area contributed by atoms with E-state index in [4.69, 9.17) is 0 Å². The van der Waals surface area contributed by atoms with Crippen LogP contribution in [0.2, 0.25) is 0 Å². The first-order valence-corrected chi connectivity index (χ1v) is 7.25. The quantitative estimate of drug-likeness (QED) is 0.780. The predicted octanol–water partition coefficient (Wildman–Crippen LogP) is 2.76. The normalized spacial score (nSPS) is 10.6. The van der Waals surface area contributed by atoms with Gasteiger partial charge in [-0.15, -0.1) is 0 Å². The lowest BCUT2D eigenvalue weighted by molar-refractivity contribution is -0.115. The lowest BCUT2D eigenvalue weighted by Gasteiger charge is -2.17. The number of aryl methyl sites for hydroxylation is 1. The molecule has 1 aromatic carbocycles. The average Bonchev–Trinajstić information content (AvgIpc) is 2.37. The third-order valence-electron chi connectivity index (χ3n) is 3.02. The molecule has 3 amide bonds. The Balaban J connectivity index is 2.65. The first kappa shape index (κ1) is 17.0. The average molecular weight is 291 g/mol. The number of hydrogen-bond acceptors (Lipinski definition) is 2. The van der Waals surface area contributed by atoms with Crippen LogP contribution in [0.25, 0.3) is 0 Å². The zero-order valence-corrected chi connectivity index (χ0v) is 13.4. The Hall–Kier alpha value is -2.04. The molecule has 5 nitrogen and oxygen atoms in total. The maximum absolute atomic E-state index is 12.0. The van der Waals surface area contributed by atoms with E-state index in [1.165, 1.54) is 0 Å². The number of amides is 3. The summed E-state index contributed by atoms with van der Waals surface area (Å²) in [6, 6.07) is 5.65. The molecule has 3 N–H and O–H groups in total. The highest BCUT2D eigenvalue weighted by Crippen LogP contribution is 2.27. The van der Waals surface area contributed by atoms with Crippen LogP contribution in [0.4, 0.5) is 10.5 Å². The van der Waals surface area contributed by atoms with Gasteiger partial charge >= 0.3 is 6.03 Å². The fraction of sp³-hybridized carbons (Fsp3) is 0.500. The largest absolute Gasteiger partial charge is 0.336 e. The van der Waals surface area contributed by atoms with E-state index in [-0.39, 0.29) is 24.5 Å². The molecule has 0 aliphatic heterocycles. The van der Waals surface area contributed by atoms with Crippen LogP contribution in [-0.2, 0) is 4.79 Å². The van der Waals surface area contributed by atoms with Crippen LogP contribution in [0.1, 0.15) is 44.7 Å². The van der Waals surface area contributed by atoms with Crippen LogP contribution in [0.5, 0.6) is 0 Å². The Morgan fingerprint density at radius 3 is 2.38 bits per heavy atom. The fourth-order valence-corrected chi connectivity index (χ4v) is 2.00. The number of carbonyl (C=O) groups excluding carboxylic acids is 2. The van der Waals surface area contributed by atoms with Crippen LogP contribution < -0.4 is 16.0 Å². The van der Waals surface area contributed by atoms with Gasteiger partial charge in [0.25, 0.3) is 0 Å². The molecular weight excluding hydrogens is 266 g/mol. The lowest BCUT2D eigenvalue weighted by Crippen LogP contribution is -2.42. The van der Waals surface area contributed by atoms with Gasteiger partial charge in [0.2, 0.25) is 5.91 Å². The molecule has 0 saturated carbocycles. The van der Waals surface area contributed by atoms with Gasteiger partial charge in [0.15, 0.2) is 0 Å². The van der Waals surface area contributed by atoms with Crippen molar-refractivity contribution in [2.75, 3.05) is 11.9 Å². The number of urea groups is 1. The zero-order valence-electron chi connectivity index (χ0n) is 13.4. The van der Waals surface area contributed by atoms with Gasteiger partial charge in [-0.25, -0.2) is 4.79 Å². The molecule has 0 atom stereocenters. The molecule has 0 fully saturated rings. The molecular formula is C16H25N3O2. The Morgan fingerprint density at radius 2 is 1.81 bits per heavy atom. The van der Waals surface area contributed by atoms with E-state index in [9.17, 15) is 9.59 Å². The van der Waals surface area contributed by atoms with E-state index in [1.807, 2.05) is 39.0 Å². The monoisotopic (exact) mass is 291 g/mol. The van der Waals surface area contributed by atoms with E-state index < -0.39 is 0 Å². The van der Waals surface area contributed by atoms with Gasteiger partial charge in [0.1, 0.15) is 0 Å². The summed E-state index contributed by atoms with van der Waals surface area (Å²) in [6.45, 7) is 9.80. The highest BCUT2D eigenvalue weighted by Gasteiger charge is 2.12. The zero-order chi connectivity index (χ0) is 16.0. The Morgan fingerprint density at radius 1 is 1.14 bits per heavy atom. The first-order valence-electron chi connectivity index (χ1n) is 7.25. The maximum atomic E-state index is 12.0. The van der Waals surface area contributed by atoms with Gasteiger partial charge in [-0.1, -0.05) is 32.0 Å². The summed E-state index contributed by atoms with van der Waals surface area (Å²) in [6.07, 6.45) is 0. The van der Waals surface area contributed by atoms with Crippen LogP contribution in [0.3, 0.4) is 0 Å². The van der Waals surface area contributed by atoms with Gasteiger partial charge in [-0.05, 0) is 37.8 Å². The second-order valence-corrected chi connectivity index (χ2v) is 5.72. The van der Waals surface area contributed by atoms with Crippen molar-refractivity contribution >= 4 is 17.6 Å². The van der Waals surface area contributed by atoms with Crippen molar-refractivity contribution in [3.8, 4) is 0 Å². The van der Waals surface area contributed by atoms with Crippen LogP contribution in [0.15, 0.2) is 18.2 Å². The second-order valence-electron chi connectivity index (χ2n) is 5.72. The van der Waals surface area contributed by atoms with Crippen molar-refractivity contribution in [1.82, 2.24) is 10.6 Å². The molecule has 5 heteroatoms. The number of para-hydroxylation sites is 1. The van der Waals surface area contributed by atoms with Crippen molar-refractivity contribution in [2.24, 2.45) is 0 Å². The summed E-state index contributed by atoms with van der Waals surface area (Å²) in [5.74, 6) is 0.0857. The number of benzene rings is 1. The third-order valence-corrected chi connectivity index (χ3v) is 3.02. The van der Waals surface area contributed by atoms with Crippen molar-refractivity contribution in [3.63, 3.8) is 0 Å². The maximum Gasteiger partial charge on any atom is 0.315 e. The molecule has 0 aliphatic rings. The van der Waals surface area contributed by atoms with Gasteiger partial charge in [0.05, 0.1) is 6.54 Å². The second kappa shape index (κ2) is 7.67. The number of rotatable bonds is 5. The molecule has 0 heterocycles. The summed E-state index contributed by atoms with van der Waals surface area (Å²) in [7, 11) is 0. The van der Waals surface area contributed by atoms with Crippen molar-refractivity contribution in [2.45, 2.75) is 46.6 Å². The first-order chi connectivity index (χ1) is 9.81. The highest BCUT2D eigenvalue weighted by molar-refractivity contribution is 5.95. The van der Waals surface area contributed by atoms with E-state index in [0.717, 1.165) is 16.8 Å². The Kier molecular flexibility index (Phi) is 6.21. The molecule has 1 rings (SSSR count). The molecule has 0 saturated heterocycles. The molecule has 0 aromatic heterocycles. The molecule has 0 radical (unpaired) electrons. The molecule has 1 aromatic rings. The molecule has 0 spiro atoms. The summed E-state index contributed by atoms with van der Waals surface area (Å²) < 4.78 is 0.